The summed E-state index contributed by atoms with van der Waals surface area (Å²) in [6, 6.07) is 10.2. The lowest BCUT2D eigenvalue weighted by Gasteiger charge is -2.18. The van der Waals surface area contributed by atoms with E-state index in [9.17, 15) is 19.2 Å². The SMILES string of the molecule is O=C1C=CC(=O)N1c1ccc2c(N3C(=O)C=CC3=O)cccc2c1. The predicted molar refractivity (Wildman–Crippen MR) is 87.2 cm³/mol. The highest BCUT2D eigenvalue weighted by Gasteiger charge is 2.28. The number of benzene rings is 2. The number of anilines is 2. The van der Waals surface area contributed by atoms with Crippen LogP contribution < -0.4 is 9.80 Å². The van der Waals surface area contributed by atoms with Crippen LogP contribution in [0.3, 0.4) is 0 Å². The van der Waals surface area contributed by atoms with Crippen LogP contribution in [0.2, 0.25) is 0 Å². The van der Waals surface area contributed by atoms with Crippen molar-refractivity contribution in [2.45, 2.75) is 0 Å². The molecule has 2 aliphatic rings. The molecular formula is C18H10N2O4. The number of fused-ring (bicyclic) bond motifs is 1. The number of hydrogen-bond donors (Lipinski definition) is 0. The molecule has 2 aromatic rings. The minimum absolute atomic E-state index is 0.398. The van der Waals surface area contributed by atoms with Crippen LogP contribution in [0.4, 0.5) is 11.4 Å². The molecule has 0 atom stereocenters. The summed E-state index contributed by atoms with van der Waals surface area (Å²) < 4.78 is 0. The third kappa shape index (κ3) is 1.97. The number of nitrogens with zero attached hydrogens (tertiary/aromatic N) is 2. The van der Waals surface area contributed by atoms with Gasteiger partial charge in [0, 0.05) is 29.7 Å². The van der Waals surface area contributed by atoms with E-state index in [1.165, 1.54) is 24.3 Å². The first-order chi connectivity index (χ1) is 11.6. The second kappa shape index (κ2) is 4.99. The molecule has 116 valence electrons. The number of rotatable bonds is 2. The Kier molecular flexibility index (Phi) is 2.93. The van der Waals surface area contributed by atoms with Gasteiger partial charge in [0.25, 0.3) is 23.6 Å². The summed E-state index contributed by atoms with van der Waals surface area (Å²) in [5, 5.41) is 1.39. The quantitative estimate of drug-likeness (QED) is 0.790. The monoisotopic (exact) mass is 318 g/mol. The molecular weight excluding hydrogens is 308 g/mol. The van der Waals surface area contributed by atoms with Gasteiger partial charge in [0.05, 0.1) is 11.4 Å². The predicted octanol–water partition coefficient (Wildman–Crippen LogP) is 1.70. The fourth-order valence-electron chi connectivity index (χ4n) is 2.88. The fraction of sp³-hybridized carbons (Fsp3) is 0. The van der Waals surface area contributed by atoms with Crippen LogP contribution in [0.15, 0.2) is 60.7 Å². The molecule has 0 unspecified atom stereocenters. The highest BCUT2D eigenvalue weighted by Crippen LogP contribution is 2.32. The highest BCUT2D eigenvalue weighted by atomic mass is 16.2. The van der Waals surface area contributed by atoms with Crippen molar-refractivity contribution in [1.82, 2.24) is 0 Å². The van der Waals surface area contributed by atoms with E-state index in [2.05, 4.69) is 0 Å². The van der Waals surface area contributed by atoms with Crippen LogP contribution in [0, 0.1) is 0 Å². The average Bonchev–Trinajstić information content (AvgIpc) is 3.08. The maximum atomic E-state index is 11.9. The number of hydrogen-bond acceptors (Lipinski definition) is 4. The molecule has 0 aromatic heterocycles. The van der Waals surface area contributed by atoms with Crippen LogP contribution >= 0.6 is 0 Å². The molecule has 4 amide bonds. The zero-order valence-corrected chi connectivity index (χ0v) is 12.3. The second-order valence-corrected chi connectivity index (χ2v) is 5.37. The summed E-state index contributed by atoms with van der Waals surface area (Å²) in [6.45, 7) is 0. The van der Waals surface area contributed by atoms with Gasteiger partial charge in [0.15, 0.2) is 0 Å². The van der Waals surface area contributed by atoms with E-state index in [1.807, 2.05) is 0 Å². The molecule has 2 aliphatic heterocycles. The van der Waals surface area contributed by atoms with E-state index in [0.29, 0.717) is 22.1 Å². The number of carbonyl (C=O) groups is 4. The van der Waals surface area contributed by atoms with Crippen molar-refractivity contribution >= 4 is 45.8 Å². The Labute approximate surface area is 136 Å². The van der Waals surface area contributed by atoms with Crippen LogP contribution in [0.1, 0.15) is 0 Å². The van der Waals surface area contributed by atoms with E-state index in [4.69, 9.17) is 0 Å². The molecule has 0 bridgehead atoms. The topological polar surface area (TPSA) is 74.8 Å². The van der Waals surface area contributed by atoms with Crippen molar-refractivity contribution in [3.8, 4) is 0 Å². The molecule has 0 saturated carbocycles. The molecule has 2 aromatic carbocycles. The first kappa shape index (κ1) is 14.1. The lowest BCUT2D eigenvalue weighted by atomic mass is 10.1. The fourth-order valence-corrected chi connectivity index (χ4v) is 2.88. The van der Waals surface area contributed by atoms with Gasteiger partial charge in [0.1, 0.15) is 0 Å². The summed E-state index contributed by atoms with van der Waals surface area (Å²) in [5.41, 5.74) is 0.910. The average molecular weight is 318 g/mol. The largest absolute Gasteiger partial charge is 0.269 e. The third-order valence-electron chi connectivity index (χ3n) is 3.96. The molecule has 0 N–H and O–H groups in total. The first-order valence-electron chi connectivity index (χ1n) is 7.21. The minimum Gasteiger partial charge on any atom is -0.269 e. The van der Waals surface area contributed by atoms with Gasteiger partial charge >= 0.3 is 0 Å². The normalized spacial score (nSPS) is 17.0. The maximum absolute atomic E-state index is 11.9. The molecule has 4 rings (SSSR count). The summed E-state index contributed by atoms with van der Waals surface area (Å²) in [5.74, 6) is -1.59. The van der Waals surface area contributed by atoms with E-state index in [-0.39, 0.29) is 0 Å². The lowest BCUT2D eigenvalue weighted by Crippen LogP contribution is -2.30. The molecule has 0 radical (unpaired) electrons. The van der Waals surface area contributed by atoms with Crippen molar-refractivity contribution in [1.29, 1.82) is 0 Å². The van der Waals surface area contributed by atoms with Gasteiger partial charge in [-0.05, 0) is 23.6 Å². The van der Waals surface area contributed by atoms with E-state index < -0.39 is 23.6 Å². The van der Waals surface area contributed by atoms with E-state index >= 15 is 0 Å². The standard InChI is InChI=1S/C18H10N2O4/c21-15-6-7-16(22)19(15)12-4-5-13-11(10-12)2-1-3-14(13)20-17(23)8-9-18(20)24/h1-10H. The minimum atomic E-state index is -0.399. The molecule has 6 heteroatoms. The second-order valence-electron chi connectivity index (χ2n) is 5.37. The number of carbonyl (C=O) groups excluding carboxylic acids is 4. The van der Waals surface area contributed by atoms with Crippen LogP contribution in [0.25, 0.3) is 10.8 Å². The van der Waals surface area contributed by atoms with Crippen molar-refractivity contribution in [3.05, 3.63) is 60.7 Å². The molecule has 0 aliphatic carbocycles. The van der Waals surface area contributed by atoms with Gasteiger partial charge in [-0.3, -0.25) is 19.2 Å². The van der Waals surface area contributed by atoms with Crippen LogP contribution in [0.5, 0.6) is 0 Å². The maximum Gasteiger partial charge on any atom is 0.258 e. The Bertz CT molecular complexity index is 967. The van der Waals surface area contributed by atoms with Gasteiger partial charge in [-0.1, -0.05) is 18.2 Å². The molecule has 0 spiro atoms. The Morgan fingerprint density at radius 1 is 0.625 bits per heavy atom. The van der Waals surface area contributed by atoms with Gasteiger partial charge < -0.3 is 0 Å². The van der Waals surface area contributed by atoms with Gasteiger partial charge in [-0.15, -0.1) is 0 Å². The molecule has 2 heterocycles. The summed E-state index contributed by atoms with van der Waals surface area (Å²) in [7, 11) is 0. The van der Waals surface area contributed by atoms with E-state index in [0.717, 1.165) is 9.80 Å². The number of imide groups is 2. The van der Waals surface area contributed by atoms with Gasteiger partial charge in [-0.2, -0.15) is 0 Å². The van der Waals surface area contributed by atoms with Crippen molar-refractivity contribution in [2.75, 3.05) is 9.80 Å². The van der Waals surface area contributed by atoms with Crippen molar-refractivity contribution in [2.24, 2.45) is 0 Å². The Morgan fingerprint density at radius 3 is 1.83 bits per heavy atom. The van der Waals surface area contributed by atoms with Crippen molar-refractivity contribution < 1.29 is 19.2 Å². The smallest absolute Gasteiger partial charge is 0.258 e. The Balaban J connectivity index is 1.83. The summed E-state index contributed by atoms with van der Waals surface area (Å²) >= 11 is 0. The van der Waals surface area contributed by atoms with Gasteiger partial charge in [0.2, 0.25) is 0 Å². The van der Waals surface area contributed by atoms with Crippen LogP contribution in [-0.4, -0.2) is 23.6 Å². The Hall–Kier alpha value is -3.54. The van der Waals surface area contributed by atoms with Crippen LogP contribution in [-0.2, 0) is 19.2 Å². The zero-order chi connectivity index (χ0) is 16.8. The molecule has 24 heavy (non-hydrogen) atoms. The first-order valence-corrected chi connectivity index (χ1v) is 7.21. The molecule has 6 nitrogen and oxygen atoms in total. The zero-order valence-electron chi connectivity index (χ0n) is 12.3. The van der Waals surface area contributed by atoms with Crippen molar-refractivity contribution in [3.63, 3.8) is 0 Å². The third-order valence-corrected chi connectivity index (χ3v) is 3.96. The van der Waals surface area contributed by atoms with E-state index in [1.54, 1.807) is 36.4 Å². The van der Waals surface area contributed by atoms with Gasteiger partial charge in [-0.25, -0.2) is 9.80 Å². The highest BCUT2D eigenvalue weighted by molar-refractivity contribution is 6.31. The number of amides is 4. The molecule has 0 fully saturated rings. The summed E-state index contributed by atoms with van der Waals surface area (Å²) in [6.07, 6.45) is 4.89. The summed E-state index contributed by atoms with van der Waals surface area (Å²) in [4.78, 5) is 49.6. The lowest BCUT2D eigenvalue weighted by molar-refractivity contribution is -0.121. The Morgan fingerprint density at radius 2 is 1.21 bits per heavy atom. The molecule has 0 saturated heterocycles.